The van der Waals surface area contributed by atoms with Gasteiger partial charge in [-0.05, 0) is 67.6 Å². The minimum absolute atomic E-state index is 0.161. The molecule has 3 heteroatoms. The van der Waals surface area contributed by atoms with Gasteiger partial charge in [0.2, 0.25) is 0 Å². The highest BCUT2D eigenvalue weighted by molar-refractivity contribution is 7.15. The third-order valence-electron chi connectivity index (χ3n) is 3.90. The minimum Gasteiger partial charge on any atom is -0.309 e. The van der Waals surface area contributed by atoms with Crippen molar-refractivity contribution in [2.24, 2.45) is 5.92 Å². The molecule has 0 aliphatic heterocycles. The van der Waals surface area contributed by atoms with Crippen molar-refractivity contribution in [1.82, 2.24) is 5.32 Å². The summed E-state index contributed by atoms with van der Waals surface area (Å²) in [6.45, 7) is 5.14. The summed E-state index contributed by atoms with van der Waals surface area (Å²) in [5, 5.41) is 3.60. The molecule has 1 unspecified atom stereocenters. The van der Waals surface area contributed by atoms with Gasteiger partial charge in [0.05, 0.1) is 0 Å². The Balaban J connectivity index is 1.89. The van der Waals surface area contributed by atoms with E-state index in [1.54, 1.807) is 12.1 Å². The topological polar surface area (TPSA) is 12.0 Å². The van der Waals surface area contributed by atoms with Gasteiger partial charge in [0, 0.05) is 15.8 Å². The Morgan fingerprint density at radius 1 is 1.30 bits per heavy atom. The van der Waals surface area contributed by atoms with Crippen molar-refractivity contribution < 1.29 is 4.39 Å². The Morgan fingerprint density at radius 2 is 2.10 bits per heavy atom. The molecule has 0 saturated heterocycles. The Labute approximate surface area is 123 Å². The minimum atomic E-state index is -0.161. The Bertz CT molecular complexity index is 601. The average Bonchev–Trinajstić information content (AvgIpc) is 3.14. The fraction of sp³-hybridized carbons (Fsp3) is 0.412. The molecule has 0 radical (unpaired) electrons. The first-order chi connectivity index (χ1) is 9.69. The van der Waals surface area contributed by atoms with E-state index in [1.807, 2.05) is 24.3 Å². The van der Waals surface area contributed by atoms with Crippen molar-refractivity contribution >= 4 is 11.3 Å². The zero-order valence-electron chi connectivity index (χ0n) is 11.9. The van der Waals surface area contributed by atoms with Crippen LogP contribution in [-0.2, 0) is 0 Å². The second-order valence-corrected chi connectivity index (χ2v) is 6.65. The summed E-state index contributed by atoms with van der Waals surface area (Å²) < 4.78 is 13.2. The van der Waals surface area contributed by atoms with Crippen molar-refractivity contribution in [3.8, 4) is 10.4 Å². The molecule has 1 nitrogen and oxygen atoms in total. The van der Waals surface area contributed by atoms with Crippen molar-refractivity contribution in [3.05, 3.63) is 46.6 Å². The third kappa shape index (κ3) is 2.79. The number of halogens is 1. The molecule has 1 heterocycles. The van der Waals surface area contributed by atoms with Gasteiger partial charge in [0.1, 0.15) is 5.82 Å². The molecule has 1 aliphatic carbocycles. The molecule has 0 amide bonds. The lowest BCUT2D eigenvalue weighted by Crippen LogP contribution is -2.21. The summed E-state index contributed by atoms with van der Waals surface area (Å²) in [5.41, 5.74) is 2.15. The van der Waals surface area contributed by atoms with Crippen molar-refractivity contribution in [1.29, 1.82) is 0 Å². The van der Waals surface area contributed by atoms with Gasteiger partial charge in [0.15, 0.2) is 0 Å². The summed E-state index contributed by atoms with van der Waals surface area (Å²) in [6, 6.07) is 9.95. The molecule has 1 atom stereocenters. The van der Waals surface area contributed by atoms with Gasteiger partial charge < -0.3 is 5.32 Å². The van der Waals surface area contributed by atoms with E-state index in [2.05, 4.69) is 24.4 Å². The first-order valence-electron chi connectivity index (χ1n) is 7.28. The highest BCUT2D eigenvalue weighted by Gasteiger charge is 2.32. The zero-order chi connectivity index (χ0) is 14.1. The van der Waals surface area contributed by atoms with Gasteiger partial charge in [-0.2, -0.15) is 0 Å². The summed E-state index contributed by atoms with van der Waals surface area (Å²) in [6.07, 6.45) is 2.67. The predicted octanol–water partition coefficient (Wildman–Crippen LogP) is 4.92. The monoisotopic (exact) mass is 289 g/mol. The van der Waals surface area contributed by atoms with Gasteiger partial charge in [-0.15, -0.1) is 11.3 Å². The SMILES string of the molecule is CCNC(c1ccc(-c2ccc(F)cc2C)s1)C1CC1. The molecule has 1 fully saturated rings. The summed E-state index contributed by atoms with van der Waals surface area (Å²) in [7, 11) is 0. The van der Waals surface area contributed by atoms with Gasteiger partial charge >= 0.3 is 0 Å². The summed E-state index contributed by atoms with van der Waals surface area (Å²) in [5.74, 6) is 0.641. The van der Waals surface area contributed by atoms with Gasteiger partial charge in [-0.1, -0.05) is 13.0 Å². The fourth-order valence-electron chi connectivity index (χ4n) is 2.72. The molecular formula is C17H20FNS. The molecule has 0 spiro atoms. The molecule has 1 aliphatic rings. The molecule has 1 aromatic heterocycles. The molecule has 106 valence electrons. The van der Waals surface area contributed by atoms with E-state index in [1.165, 1.54) is 22.6 Å². The molecule has 1 saturated carbocycles. The van der Waals surface area contributed by atoms with E-state index in [0.717, 1.165) is 23.6 Å². The van der Waals surface area contributed by atoms with Crippen LogP contribution in [0.4, 0.5) is 4.39 Å². The first-order valence-corrected chi connectivity index (χ1v) is 8.10. The number of hydrogen-bond acceptors (Lipinski definition) is 2. The third-order valence-corrected chi connectivity index (χ3v) is 5.11. The largest absolute Gasteiger partial charge is 0.309 e. The van der Waals surface area contributed by atoms with Crippen LogP contribution < -0.4 is 5.32 Å². The number of nitrogens with one attached hydrogen (secondary N) is 1. The van der Waals surface area contributed by atoms with Gasteiger partial charge in [-0.3, -0.25) is 0 Å². The summed E-state index contributed by atoms with van der Waals surface area (Å²) in [4.78, 5) is 2.65. The Morgan fingerprint density at radius 3 is 2.75 bits per heavy atom. The van der Waals surface area contributed by atoms with E-state index < -0.39 is 0 Å². The van der Waals surface area contributed by atoms with Crippen molar-refractivity contribution in [3.63, 3.8) is 0 Å². The van der Waals surface area contributed by atoms with Crippen LogP contribution in [0.15, 0.2) is 30.3 Å². The molecule has 1 aromatic carbocycles. The number of aryl methyl sites for hydroxylation is 1. The Kier molecular flexibility index (Phi) is 3.90. The van der Waals surface area contributed by atoms with Crippen LogP contribution >= 0.6 is 11.3 Å². The van der Waals surface area contributed by atoms with Crippen LogP contribution in [-0.4, -0.2) is 6.54 Å². The number of rotatable bonds is 5. The van der Waals surface area contributed by atoms with Crippen molar-refractivity contribution in [2.75, 3.05) is 6.54 Å². The number of benzene rings is 1. The van der Waals surface area contributed by atoms with Crippen molar-refractivity contribution in [2.45, 2.75) is 32.7 Å². The van der Waals surface area contributed by atoms with Gasteiger partial charge in [0.25, 0.3) is 0 Å². The van der Waals surface area contributed by atoms with Crippen LogP contribution in [0, 0.1) is 18.7 Å². The van der Waals surface area contributed by atoms with Crippen LogP contribution in [0.3, 0.4) is 0 Å². The molecule has 0 bridgehead atoms. The van der Waals surface area contributed by atoms with Crippen LogP contribution in [0.1, 0.15) is 36.2 Å². The lowest BCUT2D eigenvalue weighted by molar-refractivity contribution is 0.504. The fourth-order valence-corrected chi connectivity index (χ4v) is 3.99. The highest BCUT2D eigenvalue weighted by Crippen LogP contribution is 2.44. The van der Waals surface area contributed by atoms with E-state index in [-0.39, 0.29) is 5.82 Å². The average molecular weight is 289 g/mol. The molecular weight excluding hydrogens is 269 g/mol. The molecule has 20 heavy (non-hydrogen) atoms. The maximum Gasteiger partial charge on any atom is 0.123 e. The van der Waals surface area contributed by atoms with Crippen LogP contribution in [0.25, 0.3) is 10.4 Å². The normalized spacial score (nSPS) is 16.4. The molecule has 2 aromatic rings. The zero-order valence-corrected chi connectivity index (χ0v) is 12.8. The summed E-state index contributed by atoms with van der Waals surface area (Å²) >= 11 is 1.84. The maximum absolute atomic E-state index is 13.2. The lowest BCUT2D eigenvalue weighted by atomic mass is 10.1. The van der Waals surface area contributed by atoms with E-state index >= 15 is 0 Å². The van der Waals surface area contributed by atoms with E-state index in [9.17, 15) is 4.39 Å². The maximum atomic E-state index is 13.2. The second kappa shape index (κ2) is 5.66. The quantitative estimate of drug-likeness (QED) is 0.823. The lowest BCUT2D eigenvalue weighted by Gasteiger charge is -2.15. The van der Waals surface area contributed by atoms with Gasteiger partial charge in [-0.25, -0.2) is 4.39 Å². The second-order valence-electron chi connectivity index (χ2n) is 5.53. The highest BCUT2D eigenvalue weighted by atomic mass is 32.1. The molecule has 3 rings (SSSR count). The number of thiophene rings is 1. The Hall–Kier alpha value is -1.19. The van der Waals surface area contributed by atoms with E-state index in [4.69, 9.17) is 0 Å². The first kappa shape index (κ1) is 13.8. The predicted molar refractivity (Wildman–Crippen MR) is 83.6 cm³/mol. The molecule has 1 N–H and O–H groups in total. The standard InChI is InChI=1S/C17H20FNS/c1-3-19-17(12-4-5-12)16-9-8-15(20-16)14-7-6-13(18)10-11(14)2/h6-10,12,17,19H,3-5H2,1-2H3. The van der Waals surface area contributed by atoms with Crippen LogP contribution in [0.5, 0.6) is 0 Å². The smallest absolute Gasteiger partial charge is 0.123 e. The van der Waals surface area contributed by atoms with E-state index in [0.29, 0.717) is 6.04 Å². The number of hydrogen-bond donors (Lipinski definition) is 1. The van der Waals surface area contributed by atoms with Crippen LogP contribution in [0.2, 0.25) is 0 Å².